The normalized spacial score (nSPS) is 10.6. The van der Waals surface area contributed by atoms with Crippen LogP contribution in [0.25, 0.3) is 0 Å². The lowest BCUT2D eigenvalue weighted by Crippen LogP contribution is -2.23. The number of esters is 1. The number of hydrogen-bond acceptors (Lipinski definition) is 3. The first kappa shape index (κ1) is 18.7. The van der Waals surface area contributed by atoms with E-state index in [1.165, 1.54) is 12.1 Å². The number of halogens is 1. The molecule has 1 aromatic heterocycles. The Bertz CT molecular complexity index is 768. The molecule has 0 aliphatic heterocycles. The number of aromatic amines is 1. The smallest absolute Gasteiger partial charge is 0.355 e. The van der Waals surface area contributed by atoms with Gasteiger partial charge in [-0.25, -0.2) is 9.18 Å². The minimum Gasteiger partial charge on any atom is -0.461 e. The summed E-state index contributed by atoms with van der Waals surface area (Å²) in [7, 11) is 0. The van der Waals surface area contributed by atoms with Crippen LogP contribution in [0.4, 0.5) is 4.39 Å². The average molecular weight is 346 g/mol. The van der Waals surface area contributed by atoms with Crippen molar-refractivity contribution in [2.75, 3.05) is 6.61 Å². The molecule has 1 heterocycles. The molecule has 0 saturated carbocycles. The molecule has 6 heteroatoms. The van der Waals surface area contributed by atoms with Gasteiger partial charge in [0.15, 0.2) is 0 Å². The Hall–Kier alpha value is -2.63. The van der Waals surface area contributed by atoms with E-state index < -0.39 is 0 Å². The molecule has 0 aliphatic carbocycles. The molecule has 0 atom stereocenters. The van der Waals surface area contributed by atoms with Gasteiger partial charge in [-0.15, -0.1) is 0 Å². The van der Waals surface area contributed by atoms with Gasteiger partial charge in [0.05, 0.1) is 6.61 Å². The summed E-state index contributed by atoms with van der Waals surface area (Å²) in [5.41, 5.74) is 3.78. The fourth-order valence-corrected chi connectivity index (χ4v) is 2.75. The van der Waals surface area contributed by atoms with Crippen LogP contribution < -0.4 is 5.32 Å². The summed E-state index contributed by atoms with van der Waals surface area (Å²) >= 11 is 0. The van der Waals surface area contributed by atoms with E-state index in [0.29, 0.717) is 24.3 Å². The Morgan fingerprint density at radius 2 is 2.04 bits per heavy atom. The van der Waals surface area contributed by atoms with Crippen LogP contribution in [-0.4, -0.2) is 23.5 Å². The molecular formula is C19H23FN2O3. The Balaban J connectivity index is 1.92. The summed E-state index contributed by atoms with van der Waals surface area (Å²) in [6, 6.07) is 6.13. The van der Waals surface area contributed by atoms with Crippen molar-refractivity contribution < 1.29 is 18.7 Å². The van der Waals surface area contributed by atoms with Crippen LogP contribution in [0.5, 0.6) is 0 Å². The third-order valence-electron chi connectivity index (χ3n) is 4.05. The van der Waals surface area contributed by atoms with Gasteiger partial charge in [0.2, 0.25) is 5.91 Å². The largest absolute Gasteiger partial charge is 0.461 e. The van der Waals surface area contributed by atoms with Gasteiger partial charge >= 0.3 is 5.97 Å². The van der Waals surface area contributed by atoms with Crippen LogP contribution in [0, 0.1) is 19.7 Å². The molecular weight excluding hydrogens is 323 g/mol. The summed E-state index contributed by atoms with van der Waals surface area (Å²) in [4.78, 5) is 27.0. The van der Waals surface area contributed by atoms with Crippen molar-refractivity contribution in [1.82, 2.24) is 10.3 Å². The fraction of sp³-hybridized carbons (Fsp3) is 0.368. The maximum absolute atomic E-state index is 13.1. The lowest BCUT2D eigenvalue weighted by atomic mass is 10.0. The molecule has 1 amide bonds. The van der Waals surface area contributed by atoms with E-state index >= 15 is 0 Å². The standard InChI is InChI=1S/C19H23FN2O3/c1-4-25-19(24)18-12(2)16(13(3)22-18)8-9-17(23)21-11-14-6-5-7-15(20)10-14/h5-7,10,22H,4,8-9,11H2,1-3H3,(H,21,23). The number of amides is 1. The molecule has 0 fully saturated rings. The predicted molar refractivity (Wildman–Crippen MR) is 92.8 cm³/mol. The summed E-state index contributed by atoms with van der Waals surface area (Å²) in [6.45, 7) is 6.07. The van der Waals surface area contributed by atoms with Crippen molar-refractivity contribution in [3.05, 3.63) is 58.2 Å². The molecule has 5 nitrogen and oxygen atoms in total. The Labute approximate surface area is 146 Å². The molecule has 0 radical (unpaired) electrons. The first-order valence-corrected chi connectivity index (χ1v) is 8.28. The highest BCUT2D eigenvalue weighted by atomic mass is 19.1. The maximum atomic E-state index is 13.1. The topological polar surface area (TPSA) is 71.2 Å². The number of carbonyl (C=O) groups excluding carboxylic acids is 2. The molecule has 2 aromatic rings. The van der Waals surface area contributed by atoms with Crippen molar-refractivity contribution in [1.29, 1.82) is 0 Å². The maximum Gasteiger partial charge on any atom is 0.355 e. The average Bonchev–Trinajstić information content (AvgIpc) is 2.86. The first-order chi connectivity index (χ1) is 11.9. The van der Waals surface area contributed by atoms with E-state index in [1.54, 1.807) is 19.1 Å². The van der Waals surface area contributed by atoms with E-state index in [2.05, 4.69) is 10.3 Å². The van der Waals surface area contributed by atoms with Crippen molar-refractivity contribution in [2.45, 2.75) is 40.2 Å². The molecule has 134 valence electrons. The zero-order valence-electron chi connectivity index (χ0n) is 14.7. The van der Waals surface area contributed by atoms with Crippen LogP contribution in [0.2, 0.25) is 0 Å². The van der Waals surface area contributed by atoms with Gasteiger partial charge in [0, 0.05) is 18.7 Å². The van der Waals surface area contributed by atoms with E-state index in [-0.39, 0.29) is 30.7 Å². The molecule has 0 saturated heterocycles. The summed E-state index contributed by atoms with van der Waals surface area (Å²) in [5.74, 6) is -0.830. The second-order valence-electron chi connectivity index (χ2n) is 5.86. The molecule has 2 rings (SSSR count). The Kier molecular flexibility index (Phi) is 6.33. The zero-order chi connectivity index (χ0) is 18.4. The first-order valence-electron chi connectivity index (χ1n) is 8.28. The lowest BCUT2D eigenvalue weighted by molar-refractivity contribution is -0.121. The van der Waals surface area contributed by atoms with Gasteiger partial charge in [-0.2, -0.15) is 0 Å². The SMILES string of the molecule is CCOC(=O)c1[nH]c(C)c(CCC(=O)NCc2cccc(F)c2)c1C. The number of aromatic nitrogens is 1. The highest BCUT2D eigenvalue weighted by Gasteiger charge is 2.18. The third-order valence-corrected chi connectivity index (χ3v) is 4.05. The van der Waals surface area contributed by atoms with E-state index in [9.17, 15) is 14.0 Å². The predicted octanol–water partition coefficient (Wildman–Crippen LogP) is 3.20. The van der Waals surface area contributed by atoms with Gasteiger partial charge in [0.1, 0.15) is 11.5 Å². The van der Waals surface area contributed by atoms with Crippen LogP contribution in [-0.2, 0) is 22.5 Å². The molecule has 2 N–H and O–H groups in total. The third kappa shape index (κ3) is 4.92. The fourth-order valence-electron chi connectivity index (χ4n) is 2.75. The van der Waals surface area contributed by atoms with Crippen LogP contribution in [0.1, 0.15) is 46.2 Å². The van der Waals surface area contributed by atoms with E-state index in [1.807, 2.05) is 13.8 Å². The summed E-state index contributed by atoms with van der Waals surface area (Å²) < 4.78 is 18.1. The van der Waals surface area contributed by atoms with Gasteiger partial charge < -0.3 is 15.0 Å². The minimum absolute atomic E-state index is 0.123. The number of nitrogens with one attached hydrogen (secondary N) is 2. The number of ether oxygens (including phenoxy) is 1. The van der Waals surface area contributed by atoms with E-state index in [0.717, 1.165) is 16.8 Å². The number of H-pyrrole nitrogens is 1. The second-order valence-corrected chi connectivity index (χ2v) is 5.86. The van der Waals surface area contributed by atoms with Crippen molar-refractivity contribution in [3.8, 4) is 0 Å². The van der Waals surface area contributed by atoms with Gasteiger partial charge in [-0.1, -0.05) is 12.1 Å². The summed E-state index contributed by atoms with van der Waals surface area (Å²) in [6.07, 6.45) is 0.805. The molecule has 25 heavy (non-hydrogen) atoms. The van der Waals surface area contributed by atoms with Crippen LogP contribution in [0.15, 0.2) is 24.3 Å². The molecule has 0 spiro atoms. The zero-order valence-corrected chi connectivity index (χ0v) is 14.7. The monoisotopic (exact) mass is 346 g/mol. The highest BCUT2D eigenvalue weighted by molar-refractivity contribution is 5.90. The van der Waals surface area contributed by atoms with Gasteiger partial charge in [-0.3, -0.25) is 4.79 Å². The summed E-state index contributed by atoms with van der Waals surface area (Å²) in [5, 5.41) is 2.78. The lowest BCUT2D eigenvalue weighted by Gasteiger charge is -2.06. The van der Waals surface area contributed by atoms with Crippen molar-refractivity contribution in [2.24, 2.45) is 0 Å². The number of hydrogen-bond donors (Lipinski definition) is 2. The van der Waals surface area contributed by atoms with E-state index in [4.69, 9.17) is 4.74 Å². The Morgan fingerprint density at radius 3 is 2.72 bits per heavy atom. The number of aryl methyl sites for hydroxylation is 1. The highest BCUT2D eigenvalue weighted by Crippen LogP contribution is 2.20. The van der Waals surface area contributed by atoms with Crippen molar-refractivity contribution >= 4 is 11.9 Å². The second kappa shape index (κ2) is 8.46. The quantitative estimate of drug-likeness (QED) is 0.756. The molecule has 0 aliphatic rings. The van der Waals surface area contributed by atoms with Crippen LogP contribution >= 0.6 is 0 Å². The minimum atomic E-state index is -0.384. The number of rotatable bonds is 7. The number of carbonyl (C=O) groups is 2. The molecule has 1 aromatic carbocycles. The molecule has 0 unspecified atom stereocenters. The Morgan fingerprint density at radius 1 is 1.28 bits per heavy atom. The number of benzene rings is 1. The van der Waals surface area contributed by atoms with Crippen molar-refractivity contribution in [3.63, 3.8) is 0 Å². The van der Waals surface area contributed by atoms with Gasteiger partial charge in [-0.05, 0) is 56.0 Å². The van der Waals surface area contributed by atoms with Crippen LogP contribution in [0.3, 0.4) is 0 Å². The molecule has 0 bridgehead atoms. The van der Waals surface area contributed by atoms with Gasteiger partial charge in [0.25, 0.3) is 0 Å².